The van der Waals surface area contributed by atoms with E-state index in [-0.39, 0.29) is 24.9 Å². The third-order valence-electron chi connectivity index (χ3n) is 4.31. The number of carboxylic acids is 1. The zero-order valence-electron chi connectivity index (χ0n) is 15.6. The van der Waals surface area contributed by atoms with Crippen molar-refractivity contribution in [3.8, 4) is 0 Å². The maximum absolute atomic E-state index is 12.1. The molecular weight excluding hydrogens is 324 g/mol. The Labute approximate surface area is 151 Å². The SMILES string of the molecule is CCCCC(CCCCCCCCCC(=O)O)C(=O)OCC(O)CO. The molecule has 0 amide bonds. The summed E-state index contributed by atoms with van der Waals surface area (Å²) >= 11 is 0. The van der Waals surface area contributed by atoms with Gasteiger partial charge in [-0.1, -0.05) is 58.3 Å². The van der Waals surface area contributed by atoms with Crippen molar-refractivity contribution in [1.29, 1.82) is 0 Å². The Kier molecular flexibility index (Phi) is 15.6. The van der Waals surface area contributed by atoms with E-state index in [0.717, 1.165) is 70.6 Å². The highest BCUT2D eigenvalue weighted by molar-refractivity contribution is 5.72. The molecule has 0 aliphatic carbocycles. The Morgan fingerprint density at radius 2 is 1.48 bits per heavy atom. The molecule has 0 heterocycles. The summed E-state index contributed by atoms with van der Waals surface area (Å²) in [6.07, 6.45) is 9.88. The summed E-state index contributed by atoms with van der Waals surface area (Å²) in [7, 11) is 0. The summed E-state index contributed by atoms with van der Waals surface area (Å²) in [5.41, 5.74) is 0. The average molecular weight is 360 g/mol. The van der Waals surface area contributed by atoms with Gasteiger partial charge in [0, 0.05) is 6.42 Å². The Bertz CT molecular complexity index is 345. The van der Waals surface area contributed by atoms with E-state index in [2.05, 4.69) is 6.92 Å². The highest BCUT2D eigenvalue weighted by atomic mass is 16.5. The second kappa shape index (κ2) is 16.3. The van der Waals surface area contributed by atoms with Gasteiger partial charge in [0.25, 0.3) is 0 Å². The lowest BCUT2D eigenvalue weighted by molar-refractivity contribution is -0.152. The lowest BCUT2D eigenvalue weighted by Gasteiger charge is -2.17. The van der Waals surface area contributed by atoms with Gasteiger partial charge < -0.3 is 20.1 Å². The number of carbonyl (C=O) groups is 2. The van der Waals surface area contributed by atoms with E-state index in [0.29, 0.717) is 0 Å². The summed E-state index contributed by atoms with van der Waals surface area (Å²) in [5, 5.41) is 26.6. The zero-order chi connectivity index (χ0) is 18.9. The first-order valence-electron chi connectivity index (χ1n) is 9.68. The minimum absolute atomic E-state index is 0.124. The Morgan fingerprint density at radius 3 is 2.04 bits per heavy atom. The zero-order valence-corrected chi connectivity index (χ0v) is 15.6. The molecule has 0 aliphatic heterocycles. The molecule has 148 valence electrons. The molecule has 0 aromatic carbocycles. The minimum Gasteiger partial charge on any atom is -0.481 e. The van der Waals surface area contributed by atoms with Crippen LogP contribution in [0.1, 0.15) is 84.0 Å². The molecule has 6 heteroatoms. The molecule has 3 N–H and O–H groups in total. The highest BCUT2D eigenvalue weighted by Crippen LogP contribution is 2.19. The fourth-order valence-electron chi connectivity index (χ4n) is 2.73. The van der Waals surface area contributed by atoms with Crippen LogP contribution in [0.25, 0.3) is 0 Å². The molecule has 0 aromatic heterocycles. The summed E-state index contributed by atoms with van der Waals surface area (Å²) in [6.45, 7) is 1.54. The van der Waals surface area contributed by atoms with Gasteiger partial charge in [0.2, 0.25) is 0 Å². The van der Waals surface area contributed by atoms with Crippen LogP contribution in [0, 0.1) is 5.92 Å². The predicted molar refractivity (Wildman–Crippen MR) is 96.3 cm³/mol. The van der Waals surface area contributed by atoms with Crippen molar-refractivity contribution < 1.29 is 29.6 Å². The summed E-state index contributed by atoms with van der Waals surface area (Å²) in [6, 6.07) is 0. The van der Waals surface area contributed by atoms with Crippen molar-refractivity contribution in [3.63, 3.8) is 0 Å². The first-order valence-corrected chi connectivity index (χ1v) is 9.68. The fraction of sp³-hybridized carbons (Fsp3) is 0.895. The van der Waals surface area contributed by atoms with Crippen LogP contribution in [-0.2, 0) is 14.3 Å². The van der Waals surface area contributed by atoms with Crippen LogP contribution < -0.4 is 0 Å². The van der Waals surface area contributed by atoms with Gasteiger partial charge in [0.15, 0.2) is 0 Å². The number of ether oxygens (including phenoxy) is 1. The third kappa shape index (κ3) is 14.9. The number of hydrogen-bond donors (Lipinski definition) is 3. The van der Waals surface area contributed by atoms with Crippen LogP contribution in [0.5, 0.6) is 0 Å². The number of carboxylic acid groups (broad SMARTS) is 1. The van der Waals surface area contributed by atoms with Gasteiger partial charge in [-0.25, -0.2) is 0 Å². The lowest BCUT2D eigenvalue weighted by Crippen LogP contribution is -2.25. The van der Waals surface area contributed by atoms with Gasteiger partial charge in [-0.3, -0.25) is 9.59 Å². The molecule has 2 unspecified atom stereocenters. The van der Waals surface area contributed by atoms with E-state index < -0.39 is 18.7 Å². The highest BCUT2D eigenvalue weighted by Gasteiger charge is 2.20. The maximum Gasteiger partial charge on any atom is 0.309 e. The number of aliphatic carboxylic acids is 1. The first kappa shape index (κ1) is 23.9. The van der Waals surface area contributed by atoms with Gasteiger partial charge in [-0.2, -0.15) is 0 Å². The molecule has 0 fully saturated rings. The smallest absolute Gasteiger partial charge is 0.309 e. The van der Waals surface area contributed by atoms with E-state index in [4.69, 9.17) is 14.9 Å². The number of aliphatic hydroxyl groups excluding tert-OH is 2. The predicted octanol–water partition coefficient (Wildman–Crippen LogP) is 3.28. The van der Waals surface area contributed by atoms with E-state index in [9.17, 15) is 14.7 Å². The number of hydrogen-bond acceptors (Lipinski definition) is 5. The number of aliphatic hydroxyl groups is 2. The Hall–Kier alpha value is -1.14. The topological polar surface area (TPSA) is 104 Å². The van der Waals surface area contributed by atoms with Crippen molar-refractivity contribution >= 4 is 11.9 Å². The number of rotatable bonds is 17. The van der Waals surface area contributed by atoms with Crippen LogP contribution in [0.4, 0.5) is 0 Å². The van der Waals surface area contributed by atoms with Crippen LogP contribution >= 0.6 is 0 Å². The molecule has 0 bridgehead atoms. The number of esters is 1. The van der Waals surface area contributed by atoms with Crippen molar-refractivity contribution in [2.75, 3.05) is 13.2 Å². The van der Waals surface area contributed by atoms with Crippen molar-refractivity contribution in [3.05, 3.63) is 0 Å². The Balaban J connectivity index is 3.84. The number of unbranched alkanes of at least 4 members (excludes halogenated alkanes) is 7. The van der Waals surface area contributed by atoms with Crippen molar-refractivity contribution in [1.82, 2.24) is 0 Å². The van der Waals surface area contributed by atoms with Gasteiger partial charge in [-0.05, 0) is 19.3 Å². The van der Waals surface area contributed by atoms with E-state index in [1.807, 2.05) is 0 Å². The summed E-state index contributed by atoms with van der Waals surface area (Å²) in [5.74, 6) is -1.12. The largest absolute Gasteiger partial charge is 0.481 e. The van der Waals surface area contributed by atoms with Gasteiger partial charge in [-0.15, -0.1) is 0 Å². The van der Waals surface area contributed by atoms with Crippen LogP contribution in [0.2, 0.25) is 0 Å². The lowest BCUT2D eigenvalue weighted by atomic mass is 9.95. The fourth-order valence-corrected chi connectivity index (χ4v) is 2.73. The van der Waals surface area contributed by atoms with Gasteiger partial charge in [0.1, 0.15) is 12.7 Å². The first-order chi connectivity index (χ1) is 12.0. The van der Waals surface area contributed by atoms with E-state index >= 15 is 0 Å². The summed E-state index contributed by atoms with van der Waals surface area (Å²) in [4.78, 5) is 22.5. The van der Waals surface area contributed by atoms with Crippen molar-refractivity contribution in [2.24, 2.45) is 5.92 Å². The second-order valence-electron chi connectivity index (χ2n) is 6.71. The normalized spacial score (nSPS) is 13.4. The summed E-state index contributed by atoms with van der Waals surface area (Å²) < 4.78 is 5.10. The molecule has 0 aliphatic rings. The molecule has 25 heavy (non-hydrogen) atoms. The molecule has 0 rings (SSSR count). The van der Waals surface area contributed by atoms with Crippen LogP contribution in [-0.4, -0.2) is 46.6 Å². The van der Waals surface area contributed by atoms with E-state index in [1.165, 1.54) is 0 Å². The number of carbonyl (C=O) groups excluding carboxylic acids is 1. The third-order valence-corrected chi connectivity index (χ3v) is 4.31. The Morgan fingerprint density at radius 1 is 0.920 bits per heavy atom. The van der Waals surface area contributed by atoms with Gasteiger partial charge >= 0.3 is 11.9 Å². The minimum atomic E-state index is -1.00. The molecule has 2 atom stereocenters. The van der Waals surface area contributed by atoms with Crippen LogP contribution in [0.15, 0.2) is 0 Å². The second-order valence-corrected chi connectivity index (χ2v) is 6.71. The maximum atomic E-state index is 12.1. The standard InChI is InChI=1S/C19H36O6/c1-2-3-11-16(19(24)25-15-17(21)14-20)12-9-7-5-4-6-8-10-13-18(22)23/h16-17,20-21H,2-15H2,1H3,(H,22,23). The van der Waals surface area contributed by atoms with Gasteiger partial charge in [0.05, 0.1) is 12.5 Å². The quantitative estimate of drug-likeness (QED) is 0.272. The molecular formula is C19H36O6. The molecule has 0 saturated carbocycles. The van der Waals surface area contributed by atoms with Crippen LogP contribution in [0.3, 0.4) is 0 Å². The monoisotopic (exact) mass is 360 g/mol. The molecule has 0 saturated heterocycles. The van der Waals surface area contributed by atoms with E-state index in [1.54, 1.807) is 0 Å². The molecule has 6 nitrogen and oxygen atoms in total. The molecule has 0 aromatic rings. The average Bonchev–Trinajstić information content (AvgIpc) is 2.60. The molecule has 0 radical (unpaired) electrons. The molecule has 0 spiro atoms. The van der Waals surface area contributed by atoms with Crippen molar-refractivity contribution in [2.45, 2.75) is 90.1 Å².